The van der Waals surface area contributed by atoms with Gasteiger partial charge in [-0.2, -0.15) is 0 Å². The summed E-state index contributed by atoms with van der Waals surface area (Å²) in [4.78, 5) is 2.21. The number of hydrogen-bond acceptors (Lipinski definition) is 2. The number of nitrogen functional groups attached to an aromatic ring is 1. The maximum absolute atomic E-state index is 13.6. The first-order chi connectivity index (χ1) is 7.16. The summed E-state index contributed by atoms with van der Waals surface area (Å²) < 4.78 is 13.6. The van der Waals surface area contributed by atoms with Gasteiger partial charge in [-0.1, -0.05) is 6.08 Å². The van der Waals surface area contributed by atoms with Crippen LogP contribution in [0.1, 0.15) is 12.0 Å². The van der Waals surface area contributed by atoms with Crippen LogP contribution in [-0.2, 0) is 0 Å². The minimum absolute atomic E-state index is 0.217. The fourth-order valence-corrected chi connectivity index (χ4v) is 1.81. The van der Waals surface area contributed by atoms with E-state index in [1.54, 1.807) is 12.1 Å². The number of anilines is 1. The van der Waals surface area contributed by atoms with Gasteiger partial charge in [-0.3, -0.25) is 0 Å². The van der Waals surface area contributed by atoms with E-state index in [2.05, 4.69) is 18.0 Å². The Kier molecular flexibility index (Phi) is 2.73. The van der Waals surface area contributed by atoms with Crippen LogP contribution in [0.5, 0.6) is 0 Å². The zero-order chi connectivity index (χ0) is 10.8. The van der Waals surface area contributed by atoms with Crippen molar-refractivity contribution in [1.82, 2.24) is 4.90 Å². The lowest BCUT2D eigenvalue weighted by Crippen LogP contribution is -2.23. The Morgan fingerprint density at radius 1 is 1.40 bits per heavy atom. The molecule has 80 valence electrons. The number of benzene rings is 1. The van der Waals surface area contributed by atoms with Crippen molar-refractivity contribution < 1.29 is 4.39 Å². The molecule has 0 radical (unpaired) electrons. The van der Waals surface area contributed by atoms with Crippen molar-refractivity contribution in [1.29, 1.82) is 0 Å². The highest BCUT2D eigenvalue weighted by Crippen LogP contribution is 2.25. The molecule has 0 saturated carbocycles. The van der Waals surface area contributed by atoms with Crippen LogP contribution in [0.3, 0.4) is 0 Å². The SMILES string of the molecule is CN1CC=C(c2ccc(N)cc2F)CC1. The molecule has 0 aliphatic carbocycles. The van der Waals surface area contributed by atoms with Crippen LogP contribution in [-0.4, -0.2) is 25.0 Å². The number of rotatable bonds is 1. The molecule has 1 aromatic carbocycles. The first kappa shape index (κ1) is 10.2. The average molecular weight is 206 g/mol. The topological polar surface area (TPSA) is 29.3 Å². The van der Waals surface area contributed by atoms with Gasteiger partial charge in [-0.15, -0.1) is 0 Å². The Balaban J connectivity index is 2.30. The summed E-state index contributed by atoms with van der Waals surface area (Å²) in [6.07, 6.45) is 2.98. The normalized spacial score (nSPS) is 17.6. The third kappa shape index (κ3) is 2.18. The predicted octanol–water partition coefficient (Wildman–Crippen LogP) is 2.13. The molecule has 0 fully saturated rings. The number of hydrogen-bond donors (Lipinski definition) is 1. The zero-order valence-corrected chi connectivity index (χ0v) is 8.83. The molecule has 2 nitrogen and oxygen atoms in total. The highest BCUT2D eigenvalue weighted by molar-refractivity contribution is 5.68. The third-order valence-corrected chi connectivity index (χ3v) is 2.75. The fraction of sp³-hybridized carbons (Fsp3) is 0.333. The molecule has 2 N–H and O–H groups in total. The second-order valence-electron chi connectivity index (χ2n) is 3.98. The number of nitrogens with two attached hydrogens (primary N) is 1. The Hall–Kier alpha value is -1.35. The van der Waals surface area contributed by atoms with Crippen molar-refractivity contribution in [3.63, 3.8) is 0 Å². The monoisotopic (exact) mass is 206 g/mol. The van der Waals surface area contributed by atoms with E-state index in [4.69, 9.17) is 5.73 Å². The third-order valence-electron chi connectivity index (χ3n) is 2.75. The predicted molar refractivity (Wildman–Crippen MR) is 60.9 cm³/mol. The molecular weight excluding hydrogens is 191 g/mol. The minimum Gasteiger partial charge on any atom is -0.399 e. The van der Waals surface area contributed by atoms with Crippen LogP contribution in [0.4, 0.5) is 10.1 Å². The summed E-state index contributed by atoms with van der Waals surface area (Å²) in [6.45, 7) is 1.87. The highest BCUT2D eigenvalue weighted by atomic mass is 19.1. The molecule has 15 heavy (non-hydrogen) atoms. The second kappa shape index (κ2) is 4.03. The zero-order valence-electron chi connectivity index (χ0n) is 8.83. The van der Waals surface area contributed by atoms with Crippen LogP contribution in [0.15, 0.2) is 24.3 Å². The van der Waals surface area contributed by atoms with Crippen molar-refractivity contribution in [3.8, 4) is 0 Å². The first-order valence-electron chi connectivity index (χ1n) is 5.10. The largest absolute Gasteiger partial charge is 0.399 e. The molecule has 2 rings (SSSR count). The average Bonchev–Trinajstić information content (AvgIpc) is 2.20. The summed E-state index contributed by atoms with van der Waals surface area (Å²) in [5.41, 5.74) is 7.77. The summed E-state index contributed by atoms with van der Waals surface area (Å²) in [5.74, 6) is -0.217. The van der Waals surface area contributed by atoms with Crippen molar-refractivity contribution in [2.45, 2.75) is 6.42 Å². The van der Waals surface area contributed by atoms with Crippen molar-refractivity contribution in [2.24, 2.45) is 0 Å². The second-order valence-corrected chi connectivity index (χ2v) is 3.98. The lowest BCUT2D eigenvalue weighted by atomic mass is 9.99. The Morgan fingerprint density at radius 2 is 2.20 bits per heavy atom. The molecule has 1 heterocycles. The van der Waals surface area contributed by atoms with E-state index in [9.17, 15) is 4.39 Å². The Labute approximate surface area is 89.2 Å². The van der Waals surface area contributed by atoms with Gasteiger partial charge in [0.1, 0.15) is 5.82 Å². The van der Waals surface area contributed by atoms with Crippen LogP contribution < -0.4 is 5.73 Å². The van der Waals surface area contributed by atoms with Gasteiger partial charge >= 0.3 is 0 Å². The molecule has 0 amide bonds. The van der Waals surface area contributed by atoms with Crippen molar-refractivity contribution >= 4 is 11.3 Å². The van der Waals surface area contributed by atoms with Crippen LogP contribution in [0.25, 0.3) is 5.57 Å². The molecule has 0 atom stereocenters. The number of likely N-dealkylation sites (N-methyl/N-ethyl adjacent to an activating group) is 1. The van der Waals surface area contributed by atoms with Crippen LogP contribution in [0.2, 0.25) is 0 Å². The van der Waals surface area contributed by atoms with Crippen molar-refractivity contribution in [2.75, 3.05) is 25.9 Å². The Morgan fingerprint density at radius 3 is 2.80 bits per heavy atom. The lowest BCUT2D eigenvalue weighted by Gasteiger charge is -2.22. The van der Waals surface area contributed by atoms with E-state index >= 15 is 0 Å². The fourth-order valence-electron chi connectivity index (χ4n) is 1.81. The van der Waals surface area contributed by atoms with Crippen LogP contribution in [0, 0.1) is 5.82 Å². The van der Waals surface area contributed by atoms with Gasteiger partial charge in [0.25, 0.3) is 0 Å². The van der Waals surface area contributed by atoms with Gasteiger partial charge in [0.05, 0.1) is 0 Å². The molecule has 0 spiro atoms. The van der Waals surface area contributed by atoms with Gasteiger partial charge in [0.15, 0.2) is 0 Å². The van der Waals surface area contributed by atoms with E-state index in [1.807, 2.05) is 0 Å². The first-order valence-corrected chi connectivity index (χ1v) is 5.10. The van der Waals surface area contributed by atoms with Gasteiger partial charge in [-0.25, -0.2) is 4.39 Å². The molecule has 0 aromatic heterocycles. The maximum Gasteiger partial charge on any atom is 0.132 e. The van der Waals surface area contributed by atoms with Gasteiger partial charge in [0.2, 0.25) is 0 Å². The summed E-state index contributed by atoms with van der Waals surface area (Å²) >= 11 is 0. The van der Waals surface area contributed by atoms with Crippen LogP contribution >= 0.6 is 0 Å². The number of nitrogens with zero attached hydrogens (tertiary/aromatic N) is 1. The van der Waals surface area contributed by atoms with Gasteiger partial charge < -0.3 is 10.6 Å². The Bertz CT molecular complexity index is 399. The van der Waals surface area contributed by atoms with E-state index < -0.39 is 0 Å². The molecule has 1 aliphatic heterocycles. The standard InChI is InChI=1S/C12H15FN2/c1-15-6-4-9(5-7-15)11-3-2-10(14)8-12(11)13/h2-4,8H,5-7,14H2,1H3. The molecule has 1 aliphatic rings. The quantitative estimate of drug-likeness (QED) is 0.713. The van der Waals surface area contributed by atoms with E-state index in [0.29, 0.717) is 11.3 Å². The molecule has 1 aromatic rings. The molecular formula is C12H15FN2. The summed E-state index contributed by atoms with van der Waals surface area (Å²) in [6, 6.07) is 4.90. The van der Waals surface area contributed by atoms with Gasteiger partial charge in [-0.05, 0) is 37.2 Å². The van der Waals surface area contributed by atoms with E-state index in [0.717, 1.165) is 25.1 Å². The van der Waals surface area contributed by atoms with E-state index in [1.165, 1.54) is 6.07 Å². The summed E-state index contributed by atoms with van der Waals surface area (Å²) in [7, 11) is 2.06. The summed E-state index contributed by atoms with van der Waals surface area (Å²) in [5, 5.41) is 0. The molecule has 3 heteroatoms. The molecule has 0 bridgehead atoms. The van der Waals surface area contributed by atoms with Crippen molar-refractivity contribution in [3.05, 3.63) is 35.7 Å². The van der Waals surface area contributed by atoms with Gasteiger partial charge in [0, 0.05) is 24.3 Å². The van der Waals surface area contributed by atoms with E-state index in [-0.39, 0.29) is 5.82 Å². The highest BCUT2D eigenvalue weighted by Gasteiger charge is 2.12. The maximum atomic E-state index is 13.6. The molecule has 0 saturated heterocycles. The minimum atomic E-state index is -0.217. The molecule has 0 unspecified atom stereocenters. The lowest BCUT2D eigenvalue weighted by molar-refractivity contribution is 0.369. The number of halogens is 1. The smallest absolute Gasteiger partial charge is 0.132 e.